The predicted molar refractivity (Wildman–Crippen MR) is 63.0 cm³/mol. The van der Waals surface area contributed by atoms with Crippen molar-refractivity contribution < 1.29 is 0 Å². The van der Waals surface area contributed by atoms with Gasteiger partial charge in [-0.1, -0.05) is 12.2 Å². The average molecular weight is 220 g/mol. The highest BCUT2D eigenvalue weighted by Gasteiger charge is 2.40. The number of nitrogens with one attached hydrogen (secondary N) is 1. The molecule has 2 aliphatic carbocycles. The molecule has 0 aliphatic heterocycles. The number of hydrogen-bond donors (Lipinski definition) is 1. The van der Waals surface area contributed by atoms with Crippen LogP contribution >= 0.6 is 11.3 Å². The van der Waals surface area contributed by atoms with Crippen LogP contribution in [0.15, 0.2) is 23.0 Å². The van der Waals surface area contributed by atoms with E-state index in [0.29, 0.717) is 0 Å². The van der Waals surface area contributed by atoms with Crippen LogP contribution in [0.4, 0.5) is 0 Å². The van der Waals surface area contributed by atoms with Crippen LogP contribution in [-0.4, -0.2) is 17.6 Å². The maximum absolute atomic E-state index is 4.29. The first-order valence-corrected chi connectivity index (χ1v) is 6.65. The summed E-state index contributed by atoms with van der Waals surface area (Å²) in [5.74, 6) is 1.79. The van der Waals surface area contributed by atoms with Gasteiger partial charge in [0, 0.05) is 24.4 Å². The van der Waals surface area contributed by atoms with Crippen molar-refractivity contribution in [2.24, 2.45) is 11.8 Å². The molecular weight excluding hydrogens is 204 g/mol. The number of fused-ring (bicyclic) bond motifs is 1. The van der Waals surface area contributed by atoms with Crippen LogP contribution in [0.25, 0.3) is 0 Å². The monoisotopic (exact) mass is 220 g/mol. The van der Waals surface area contributed by atoms with Crippen LogP contribution in [0.1, 0.15) is 18.5 Å². The van der Waals surface area contributed by atoms with Crippen LogP contribution < -0.4 is 5.32 Å². The minimum atomic E-state index is 0.743. The van der Waals surface area contributed by atoms with E-state index in [1.54, 1.807) is 11.3 Å². The fourth-order valence-electron chi connectivity index (χ4n) is 2.69. The number of allylic oxidation sites excluding steroid dienone is 1. The number of nitrogens with zero attached hydrogens (tertiary/aromatic N) is 1. The molecule has 15 heavy (non-hydrogen) atoms. The van der Waals surface area contributed by atoms with Crippen molar-refractivity contribution in [3.8, 4) is 0 Å². The molecule has 3 unspecified atom stereocenters. The smallest absolute Gasteiger partial charge is 0.0794 e. The number of rotatable bonds is 4. The molecule has 1 saturated carbocycles. The van der Waals surface area contributed by atoms with Gasteiger partial charge < -0.3 is 5.32 Å². The number of aromatic nitrogens is 1. The molecule has 2 aliphatic rings. The summed E-state index contributed by atoms with van der Waals surface area (Å²) < 4.78 is 0. The molecule has 1 heterocycles. The molecule has 3 heteroatoms. The van der Waals surface area contributed by atoms with E-state index < -0.39 is 0 Å². The molecular formula is C12H16N2S. The fraction of sp³-hybridized carbons (Fsp3) is 0.583. The van der Waals surface area contributed by atoms with Crippen LogP contribution in [0.2, 0.25) is 0 Å². The van der Waals surface area contributed by atoms with Crippen molar-refractivity contribution in [2.45, 2.75) is 25.3 Å². The van der Waals surface area contributed by atoms with Gasteiger partial charge in [0.1, 0.15) is 0 Å². The summed E-state index contributed by atoms with van der Waals surface area (Å²) in [5, 5.41) is 5.78. The van der Waals surface area contributed by atoms with Gasteiger partial charge in [-0.25, -0.2) is 4.98 Å². The Bertz CT molecular complexity index is 345. The summed E-state index contributed by atoms with van der Waals surface area (Å²) in [6.45, 7) is 1.07. The van der Waals surface area contributed by atoms with E-state index in [4.69, 9.17) is 0 Å². The third-order valence-electron chi connectivity index (χ3n) is 3.63. The van der Waals surface area contributed by atoms with Gasteiger partial charge in [0.15, 0.2) is 0 Å². The molecule has 0 saturated heterocycles. The lowest BCUT2D eigenvalue weighted by atomic mass is 9.71. The zero-order valence-electron chi connectivity index (χ0n) is 8.73. The fourth-order valence-corrected chi connectivity index (χ4v) is 3.29. The molecule has 0 amide bonds. The van der Waals surface area contributed by atoms with Gasteiger partial charge in [-0.3, -0.25) is 0 Å². The molecule has 3 rings (SSSR count). The lowest BCUT2D eigenvalue weighted by Gasteiger charge is -2.40. The predicted octanol–water partition coefficient (Wildman–Crippen LogP) is 2.24. The molecule has 0 radical (unpaired) electrons. The van der Waals surface area contributed by atoms with E-state index >= 15 is 0 Å². The highest BCUT2D eigenvalue weighted by molar-refractivity contribution is 7.07. The minimum Gasteiger partial charge on any atom is -0.313 e. The molecule has 1 N–H and O–H groups in total. The molecule has 2 nitrogen and oxygen atoms in total. The van der Waals surface area contributed by atoms with Crippen molar-refractivity contribution in [3.63, 3.8) is 0 Å². The van der Waals surface area contributed by atoms with Crippen molar-refractivity contribution in [3.05, 3.63) is 28.7 Å². The van der Waals surface area contributed by atoms with Gasteiger partial charge in [-0.05, 0) is 24.7 Å². The molecule has 0 aromatic carbocycles. The molecule has 0 bridgehead atoms. The highest BCUT2D eigenvalue weighted by atomic mass is 32.1. The quantitative estimate of drug-likeness (QED) is 0.787. The van der Waals surface area contributed by atoms with Gasteiger partial charge in [-0.15, -0.1) is 11.3 Å². The standard InChI is InChI=1S/C12H16N2S/c1-2-9-6-12(11(9)3-1)13-5-4-10-7-15-8-14-10/h1,3,7-9,11-13H,2,4-6H2. The highest BCUT2D eigenvalue weighted by Crippen LogP contribution is 2.42. The Kier molecular flexibility index (Phi) is 2.59. The first-order valence-electron chi connectivity index (χ1n) is 5.70. The molecule has 3 atom stereocenters. The topological polar surface area (TPSA) is 24.9 Å². The van der Waals surface area contributed by atoms with Crippen molar-refractivity contribution in [1.82, 2.24) is 10.3 Å². The Hall–Kier alpha value is -0.670. The normalized spacial score (nSPS) is 32.7. The van der Waals surface area contributed by atoms with Gasteiger partial charge in [0.05, 0.1) is 11.2 Å². The Balaban J connectivity index is 1.42. The molecule has 1 aromatic heterocycles. The Morgan fingerprint density at radius 3 is 3.33 bits per heavy atom. The van der Waals surface area contributed by atoms with E-state index in [-0.39, 0.29) is 0 Å². The van der Waals surface area contributed by atoms with E-state index in [2.05, 4.69) is 27.8 Å². The minimum absolute atomic E-state index is 0.743. The Morgan fingerprint density at radius 1 is 1.53 bits per heavy atom. The summed E-state index contributed by atoms with van der Waals surface area (Å²) in [7, 11) is 0. The lowest BCUT2D eigenvalue weighted by molar-refractivity contribution is 0.164. The average Bonchev–Trinajstić information content (AvgIpc) is 2.82. The second kappa shape index (κ2) is 4.06. The third-order valence-corrected chi connectivity index (χ3v) is 4.27. The lowest BCUT2D eigenvalue weighted by Crippen LogP contribution is -2.48. The second-order valence-electron chi connectivity index (χ2n) is 4.53. The van der Waals surface area contributed by atoms with E-state index in [1.807, 2.05) is 5.51 Å². The van der Waals surface area contributed by atoms with E-state index in [1.165, 1.54) is 18.5 Å². The summed E-state index contributed by atoms with van der Waals surface area (Å²) in [6.07, 6.45) is 8.50. The summed E-state index contributed by atoms with van der Waals surface area (Å²) >= 11 is 1.68. The summed E-state index contributed by atoms with van der Waals surface area (Å²) in [5.41, 5.74) is 3.14. The van der Waals surface area contributed by atoms with Crippen molar-refractivity contribution >= 4 is 11.3 Å². The molecule has 1 aromatic rings. The third kappa shape index (κ3) is 1.86. The van der Waals surface area contributed by atoms with Gasteiger partial charge >= 0.3 is 0 Å². The van der Waals surface area contributed by atoms with Crippen molar-refractivity contribution in [1.29, 1.82) is 0 Å². The molecule has 1 fully saturated rings. The Morgan fingerprint density at radius 2 is 2.53 bits per heavy atom. The maximum Gasteiger partial charge on any atom is 0.0794 e. The first-order chi connectivity index (χ1) is 7.43. The van der Waals surface area contributed by atoms with Crippen molar-refractivity contribution in [2.75, 3.05) is 6.54 Å². The zero-order valence-corrected chi connectivity index (χ0v) is 9.54. The largest absolute Gasteiger partial charge is 0.313 e. The SMILES string of the molecule is C1=CC2C(C1)CC2NCCc1cscn1. The summed E-state index contributed by atoms with van der Waals surface area (Å²) in [4.78, 5) is 4.29. The van der Waals surface area contributed by atoms with Gasteiger partial charge in [-0.2, -0.15) is 0 Å². The molecule has 0 spiro atoms. The van der Waals surface area contributed by atoms with Crippen LogP contribution in [0.3, 0.4) is 0 Å². The number of thiazole rings is 1. The second-order valence-corrected chi connectivity index (χ2v) is 5.25. The maximum atomic E-state index is 4.29. The number of hydrogen-bond acceptors (Lipinski definition) is 3. The first kappa shape index (κ1) is 9.55. The van der Waals surface area contributed by atoms with Gasteiger partial charge in [0.25, 0.3) is 0 Å². The van der Waals surface area contributed by atoms with E-state index in [9.17, 15) is 0 Å². The zero-order chi connectivity index (χ0) is 10.1. The Labute approximate surface area is 94.4 Å². The summed E-state index contributed by atoms with van der Waals surface area (Å²) in [6, 6.07) is 0.743. The molecule has 80 valence electrons. The van der Waals surface area contributed by atoms with Crippen LogP contribution in [-0.2, 0) is 6.42 Å². The van der Waals surface area contributed by atoms with Crippen LogP contribution in [0.5, 0.6) is 0 Å². The van der Waals surface area contributed by atoms with E-state index in [0.717, 1.165) is 30.8 Å². The van der Waals surface area contributed by atoms with Gasteiger partial charge in [0.2, 0.25) is 0 Å². The van der Waals surface area contributed by atoms with Crippen LogP contribution in [0, 0.1) is 11.8 Å².